The summed E-state index contributed by atoms with van der Waals surface area (Å²) >= 11 is 0. The van der Waals surface area contributed by atoms with Crippen molar-refractivity contribution in [2.75, 3.05) is 7.11 Å². The molecular formula is C14H11NO3. The Balaban J connectivity index is 2.17. The van der Waals surface area contributed by atoms with E-state index in [9.17, 15) is 10.1 Å². The Labute approximate surface area is 105 Å². The summed E-state index contributed by atoms with van der Waals surface area (Å²) in [5, 5.41) is 10.7. The number of rotatable bonds is 4. The third kappa shape index (κ3) is 2.85. The molecular weight excluding hydrogens is 230 g/mol. The van der Waals surface area contributed by atoms with Crippen molar-refractivity contribution in [3.05, 3.63) is 76.2 Å². The summed E-state index contributed by atoms with van der Waals surface area (Å²) in [4.78, 5) is 10.2. The molecule has 2 radical (unpaired) electrons. The minimum atomic E-state index is -0.417. The second-order valence-electron chi connectivity index (χ2n) is 3.66. The molecule has 0 aliphatic heterocycles. The van der Waals surface area contributed by atoms with Crippen molar-refractivity contribution in [2.24, 2.45) is 0 Å². The lowest BCUT2D eigenvalue weighted by molar-refractivity contribution is -0.384. The standard InChI is InChI=1S/C14H11NO3/c1-18-14-7-5-11(6-8-14)9-12-3-2-4-13(10-12)15(16)17/h2-8,10H,1H3. The fourth-order valence-electron chi connectivity index (χ4n) is 1.54. The van der Waals surface area contributed by atoms with Gasteiger partial charge in [-0.3, -0.25) is 10.1 Å². The monoisotopic (exact) mass is 241 g/mol. The average Bonchev–Trinajstić information content (AvgIpc) is 2.40. The van der Waals surface area contributed by atoms with E-state index in [0.29, 0.717) is 5.56 Å². The number of non-ortho nitro benzene ring substituents is 1. The van der Waals surface area contributed by atoms with Crippen LogP contribution in [0.25, 0.3) is 0 Å². The van der Waals surface area contributed by atoms with Crippen molar-refractivity contribution in [2.45, 2.75) is 0 Å². The van der Waals surface area contributed by atoms with Gasteiger partial charge in [-0.05, 0) is 23.3 Å². The van der Waals surface area contributed by atoms with Gasteiger partial charge in [0.25, 0.3) is 5.69 Å². The van der Waals surface area contributed by atoms with Gasteiger partial charge in [-0.1, -0.05) is 24.3 Å². The van der Waals surface area contributed by atoms with Crippen LogP contribution in [0.3, 0.4) is 0 Å². The van der Waals surface area contributed by atoms with Crippen LogP contribution < -0.4 is 4.74 Å². The van der Waals surface area contributed by atoms with Gasteiger partial charge in [-0.2, -0.15) is 0 Å². The lowest BCUT2D eigenvalue weighted by Gasteiger charge is -2.03. The van der Waals surface area contributed by atoms with Gasteiger partial charge in [0.05, 0.1) is 18.5 Å². The van der Waals surface area contributed by atoms with Gasteiger partial charge in [0.2, 0.25) is 0 Å². The molecule has 0 saturated carbocycles. The molecule has 0 aromatic heterocycles. The second kappa shape index (κ2) is 5.31. The van der Waals surface area contributed by atoms with Crippen molar-refractivity contribution < 1.29 is 9.66 Å². The molecule has 4 nitrogen and oxygen atoms in total. The van der Waals surface area contributed by atoms with E-state index in [1.807, 2.05) is 24.3 Å². The molecule has 2 aromatic carbocycles. The van der Waals surface area contributed by atoms with Crippen LogP contribution in [-0.2, 0) is 0 Å². The van der Waals surface area contributed by atoms with E-state index in [1.165, 1.54) is 12.1 Å². The number of hydrogen-bond acceptors (Lipinski definition) is 3. The molecule has 0 amide bonds. The quantitative estimate of drug-likeness (QED) is 0.610. The van der Waals surface area contributed by atoms with Crippen molar-refractivity contribution >= 4 is 5.69 Å². The van der Waals surface area contributed by atoms with Crippen LogP contribution in [0, 0.1) is 16.5 Å². The Hall–Kier alpha value is -2.36. The van der Waals surface area contributed by atoms with Crippen LogP contribution in [0.1, 0.15) is 11.1 Å². The number of nitro groups is 1. The van der Waals surface area contributed by atoms with Crippen molar-refractivity contribution in [1.82, 2.24) is 0 Å². The van der Waals surface area contributed by atoms with E-state index in [2.05, 4.69) is 6.42 Å². The smallest absolute Gasteiger partial charge is 0.269 e. The highest BCUT2D eigenvalue weighted by atomic mass is 16.6. The molecule has 0 bridgehead atoms. The van der Waals surface area contributed by atoms with E-state index in [-0.39, 0.29) is 5.69 Å². The normalized spacial score (nSPS) is 10.1. The number of nitrogens with zero attached hydrogens (tertiary/aromatic N) is 1. The Kier molecular flexibility index (Phi) is 3.57. The summed E-state index contributed by atoms with van der Waals surface area (Å²) in [6.45, 7) is 0. The first kappa shape index (κ1) is 12.1. The molecule has 0 atom stereocenters. The largest absolute Gasteiger partial charge is 0.497 e. The molecule has 2 rings (SSSR count). The third-order valence-corrected chi connectivity index (χ3v) is 2.44. The zero-order valence-corrected chi connectivity index (χ0v) is 9.79. The summed E-state index contributed by atoms with van der Waals surface area (Å²) in [5.41, 5.74) is 1.58. The van der Waals surface area contributed by atoms with Crippen LogP contribution in [0.4, 0.5) is 5.69 Å². The summed E-state index contributed by atoms with van der Waals surface area (Å²) < 4.78 is 5.05. The molecule has 18 heavy (non-hydrogen) atoms. The zero-order valence-electron chi connectivity index (χ0n) is 9.79. The average molecular weight is 241 g/mol. The number of hydrogen-bond donors (Lipinski definition) is 0. The van der Waals surface area contributed by atoms with Gasteiger partial charge in [0.1, 0.15) is 5.75 Å². The van der Waals surface area contributed by atoms with Crippen LogP contribution in [0.2, 0.25) is 0 Å². The fourth-order valence-corrected chi connectivity index (χ4v) is 1.54. The first-order valence-electron chi connectivity index (χ1n) is 5.34. The lowest BCUT2D eigenvalue weighted by Crippen LogP contribution is -1.90. The van der Waals surface area contributed by atoms with Crippen LogP contribution >= 0.6 is 0 Å². The highest BCUT2D eigenvalue weighted by Crippen LogP contribution is 2.19. The highest BCUT2D eigenvalue weighted by molar-refractivity contribution is 5.44. The summed E-state index contributed by atoms with van der Waals surface area (Å²) in [5.74, 6) is 0.764. The number of benzene rings is 2. The molecule has 0 aliphatic carbocycles. The third-order valence-electron chi connectivity index (χ3n) is 2.44. The zero-order chi connectivity index (χ0) is 13.0. The predicted octanol–water partition coefficient (Wildman–Crippen LogP) is 3.08. The van der Waals surface area contributed by atoms with E-state index in [4.69, 9.17) is 4.74 Å². The van der Waals surface area contributed by atoms with E-state index < -0.39 is 4.92 Å². The molecule has 0 heterocycles. The maximum Gasteiger partial charge on any atom is 0.269 e. The van der Waals surface area contributed by atoms with Crippen LogP contribution in [0.5, 0.6) is 5.75 Å². The fraction of sp³-hybridized carbons (Fsp3) is 0.0714. The SMILES string of the molecule is COc1ccc([C]c2cccc([N+](=O)[O-])c2)cc1. The van der Waals surface area contributed by atoms with E-state index >= 15 is 0 Å². The number of nitro benzene ring substituents is 1. The van der Waals surface area contributed by atoms with Crippen molar-refractivity contribution in [3.63, 3.8) is 0 Å². The molecule has 0 fully saturated rings. The molecule has 0 saturated heterocycles. The molecule has 0 N–H and O–H groups in total. The lowest BCUT2D eigenvalue weighted by atomic mass is 10.0. The predicted molar refractivity (Wildman–Crippen MR) is 67.5 cm³/mol. The van der Waals surface area contributed by atoms with E-state index in [0.717, 1.165) is 11.3 Å². The second-order valence-corrected chi connectivity index (χ2v) is 3.66. The van der Waals surface area contributed by atoms with Gasteiger partial charge >= 0.3 is 0 Å². The molecule has 2 aromatic rings. The van der Waals surface area contributed by atoms with Crippen LogP contribution in [0.15, 0.2) is 48.5 Å². The molecule has 4 heteroatoms. The van der Waals surface area contributed by atoms with Gasteiger partial charge in [-0.15, -0.1) is 0 Å². The Morgan fingerprint density at radius 3 is 2.44 bits per heavy atom. The van der Waals surface area contributed by atoms with Crippen molar-refractivity contribution in [3.8, 4) is 5.75 Å². The Morgan fingerprint density at radius 1 is 1.11 bits per heavy atom. The number of methoxy groups -OCH3 is 1. The molecule has 0 spiro atoms. The first-order chi connectivity index (χ1) is 8.69. The van der Waals surface area contributed by atoms with Gasteiger partial charge in [0.15, 0.2) is 0 Å². The Bertz CT molecular complexity index is 549. The summed E-state index contributed by atoms with van der Waals surface area (Å²) in [6, 6.07) is 13.7. The summed E-state index contributed by atoms with van der Waals surface area (Å²) in [6.07, 6.45) is 3.09. The highest BCUT2D eigenvalue weighted by Gasteiger charge is 2.06. The van der Waals surface area contributed by atoms with E-state index in [1.54, 1.807) is 19.2 Å². The topological polar surface area (TPSA) is 52.4 Å². The maximum atomic E-state index is 10.7. The van der Waals surface area contributed by atoms with Gasteiger partial charge in [0, 0.05) is 12.1 Å². The summed E-state index contributed by atoms with van der Waals surface area (Å²) in [7, 11) is 1.60. The first-order valence-corrected chi connectivity index (χ1v) is 5.34. The minimum Gasteiger partial charge on any atom is -0.497 e. The Morgan fingerprint density at radius 2 is 1.83 bits per heavy atom. The maximum absolute atomic E-state index is 10.7. The number of ether oxygens (including phenoxy) is 1. The molecule has 0 unspecified atom stereocenters. The van der Waals surface area contributed by atoms with Crippen molar-refractivity contribution in [1.29, 1.82) is 0 Å². The molecule has 90 valence electrons. The molecule has 0 aliphatic rings. The van der Waals surface area contributed by atoms with Crippen LogP contribution in [-0.4, -0.2) is 12.0 Å². The minimum absolute atomic E-state index is 0.0634. The van der Waals surface area contributed by atoms with Gasteiger partial charge < -0.3 is 4.74 Å². The van der Waals surface area contributed by atoms with Gasteiger partial charge in [-0.25, -0.2) is 0 Å².